The highest BCUT2D eigenvalue weighted by Crippen LogP contribution is 1.98. The van der Waals surface area contributed by atoms with Crippen LogP contribution >= 0.6 is 0 Å². The maximum absolute atomic E-state index is 11.0. The Labute approximate surface area is 120 Å². The SMILES string of the molecule is C=CCN(CC=C)CCCN[C@@H](CCC(N)=O)C(=O)O. The molecule has 20 heavy (non-hydrogen) atoms. The summed E-state index contributed by atoms with van der Waals surface area (Å²) in [5, 5.41) is 11.9. The summed E-state index contributed by atoms with van der Waals surface area (Å²) in [5.74, 6) is -1.44. The summed E-state index contributed by atoms with van der Waals surface area (Å²) >= 11 is 0. The first kappa shape index (κ1) is 18.3. The molecule has 0 saturated heterocycles. The van der Waals surface area contributed by atoms with Crippen molar-refractivity contribution in [2.75, 3.05) is 26.2 Å². The van der Waals surface area contributed by atoms with E-state index in [1.54, 1.807) is 0 Å². The molecule has 1 atom stereocenters. The monoisotopic (exact) mass is 283 g/mol. The van der Waals surface area contributed by atoms with E-state index in [-0.39, 0.29) is 12.8 Å². The van der Waals surface area contributed by atoms with Crippen LogP contribution in [0.25, 0.3) is 0 Å². The van der Waals surface area contributed by atoms with E-state index >= 15 is 0 Å². The number of carboxylic acid groups (broad SMARTS) is 1. The lowest BCUT2D eigenvalue weighted by Crippen LogP contribution is -2.39. The average Bonchev–Trinajstić information content (AvgIpc) is 2.37. The fraction of sp³-hybridized carbons (Fsp3) is 0.571. The molecule has 0 aliphatic rings. The van der Waals surface area contributed by atoms with E-state index in [2.05, 4.69) is 23.4 Å². The molecule has 4 N–H and O–H groups in total. The lowest BCUT2D eigenvalue weighted by Gasteiger charge is -2.19. The van der Waals surface area contributed by atoms with Gasteiger partial charge in [0.05, 0.1) is 0 Å². The lowest BCUT2D eigenvalue weighted by molar-refractivity contribution is -0.139. The van der Waals surface area contributed by atoms with E-state index < -0.39 is 17.9 Å². The number of carboxylic acids is 1. The normalized spacial score (nSPS) is 12.1. The van der Waals surface area contributed by atoms with Crippen molar-refractivity contribution in [3.63, 3.8) is 0 Å². The molecule has 0 aromatic carbocycles. The third-order valence-electron chi connectivity index (χ3n) is 2.79. The van der Waals surface area contributed by atoms with Crippen molar-refractivity contribution in [1.29, 1.82) is 0 Å². The van der Waals surface area contributed by atoms with Crippen molar-refractivity contribution in [1.82, 2.24) is 10.2 Å². The number of carbonyl (C=O) groups is 2. The quantitative estimate of drug-likeness (QED) is 0.335. The van der Waals surface area contributed by atoms with Crippen LogP contribution in [0.2, 0.25) is 0 Å². The maximum Gasteiger partial charge on any atom is 0.320 e. The molecule has 0 heterocycles. The first-order valence-corrected chi connectivity index (χ1v) is 6.69. The number of amides is 1. The number of carbonyl (C=O) groups excluding carboxylic acids is 1. The molecule has 0 bridgehead atoms. The third-order valence-corrected chi connectivity index (χ3v) is 2.79. The molecule has 6 nitrogen and oxygen atoms in total. The predicted molar refractivity (Wildman–Crippen MR) is 79.3 cm³/mol. The Bertz CT molecular complexity index is 322. The third kappa shape index (κ3) is 9.29. The Morgan fingerprint density at radius 2 is 1.90 bits per heavy atom. The first-order chi connectivity index (χ1) is 9.51. The Hall–Kier alpha value is -1.66. The van der Waals surface area contributed by atoms with Gasteiger partial charge in [0.1, 0.15) is 6.04 Å². The molecule has 1 amide bonds. The summed E-state index contributed by atoms with van der Waals surface area (Å²) < 4.78 is 0. The summed E-state index contributed by atoms with van der Waals surface area (Å²) in [5.41, 5.74) is 5.02. The molecular weight excluding hydrogens is 258 g/mol. The second-order valence-corrected chi connectivity index (χ2v) is 4.54. The van der Waals surface area contributed by atoms with Crippen molar-refractivity contribution >= 4 is 11.9 Å². The largest absolute Gasteiger partial charge is 0.480 e. The highest BCUT2D eigenvalue weighted by molar-refractivity contribution is 5.77. The zero-order chi connectivity index (χ0) is 15.4. The van der Waals surface area contributed by atoms with E-state index in [1.807, 2.05) is 12.2 Å². The van der Waals surface area contributed by atoms with Crippen molar-refractivity contribution in [3.8, 4) is 0 Å². The molecule has 0 aliphatic heterocycles. The van der Waals surface area contributed by atoms with Gasteiger partial charge in [-0.05, 0) is 25.9 Å². The second-order valence-electron chi connectivity index (χ2n) is 4.54. The van der Waals surface area contributed by atoms with Crippen molar-refractivity contribution in [2.24, 2.45) is 5.73 Å². The zero-order valence-corrected chi connectivity index (χ0v) is 11.9. The molecular formula is C14H25N3O3. The number of nitrogens with one attached hydrogen (secondary N) is 1. The van der Waals surface area contributed by atoms with Gasteiger partial charge < -0.3 is 16.2 Å². The minimum absolute atomic E-state index is 0.0724. The number of aliphatic carboxylic acids is 1. The highest BCUT2D eigenvalue weighted by atomic mass is 16.4. The fourth-order valence-electron chi connectivity index (χ4n) is 1.80. The predicted octanol–water partition coefficient (Wildman–Crippen LogP) is 0.359. The number of primary amides is 1. The minimum Gasteiger partial charge on any atom is -0.480 e. The van der Waals surface area contributed by atoms with Crippen LogP contribution in [-0.4, -0.2) is 54.1 Å². The number of nitrogens with two attached hydrogens (primary N) is 1. The topological polar surface area (TPSA) is 95.7 Å². The van der Waals surface area contributed by atoms with Gasteiger partial charge in [-0.1, -0.05) is 12.2 Å². The van der Waals surface area contributed by atoms with Gasteiger partial charge in [0.25, 0.3) is 0 Å². The van der Waals surface area contributed by atoms with Gasteiger partial charge in [0, 0.05) is 19.5 Å². The fourth-order valence-corrected chi connectivity index (χ4v) is 1.80. The van der Waals surface area contributed by atoms with Crippen LogP contribution in [0.4, 0.5) is 0 Å². The van der Waals surface area contributed by atoms with Gasteiger partial charge in [0.15, 0.2) is 0 Å². The Morgan fingerprint density at radius 1 is 1.30 bits per heavy atom. The number of nitrogens with zero attached hydrogens (tertiary/aromatic N) is 1. The van der Waals surface area contributed by atoms with Crippen LogP contribution in [0.1, 0.15) is 19.3 Å². The second kappa shape index (κ2) is 11.2. The van der Waals surface area contributed by atoms with Crippen molar-refractivity contribution in [3.05, 3.63) is 25.3 Å². The maximum atomic E-state index is 11.0. The summed E-state index contributed by atoms with van der Waals surface area (Å²) in [6.07, 6.45) is 4.74. The van der Waals surface area contributed by atoms with Gasteiger partial charge in [-0.2, -0.15) is 0 Å². The van der Waals surface area contributed by atoms with Crippen LogP contribution < -0.4 is 11.1 Å². The number of rotatable bonds is 13. The van der Waals surface area contributed by atoms with Gasteiger partial charge in [-0.3, -0.25) is 14.5 Å². The highest BCUT2D eigenvalue weighted by Gasteiger charge is 2.17. The molecule has 0 saturated carbocycles. The van der Waals surface area contributed by atoms with Crippen LogP contribution in [0.15, 0.2) is 25.3 Å². The van der Waals surface area contributed by atoms with Crippen LogP contribution in [0, 0.1) is 0 Å². The molecule has 0 rings (SSSR count). The summed E-state index contributed by atoms with van der Waals surface area (Å²) in [7, 11) is 0. The molecule has 0 aromatic rings. The molecule has 0 aliphatic carbocycles. The minimum atomic E-state index is -0.958. The standard InChI is InChI=1S/C14H25N3O3/c1-3-9-17(10-4-2)11-5-8-16-12(14(19)20)6-7-13(15)18/h3-4,12,16H,1-2,5-11H2,(H2,15,18)(H,19,20)/t12-/m0/s1. The number of hydrogen-bond donors (Lipinski definition) is 3. The van der Waals surface area contributed by atoms with Crippen molar-refractivity contribution < 1.29 is 14.7 Å². The first-order valence-electron chi connectivity index (χ1n) is 6.69. The summed E-state index contributed by atoms with van der Waals surface area (Å²) in [4.78, 5) is 23.8. The molecule has 6 heteroatoms. The van der Waals surface area contributed by atoms with Gasteiger partial charge in [-0.15, -0.1) is 13.2 Å². The van der Waals surface area contributed by atoms with Crippen LogP contribution in [-0.2, 0) is 9.59 Å². The summed E-state index contributed by atoms with van der Waals surface area (Å²) in [6, 6.07) is -0.727. The zero-order valence-electron chi connectivity index (χ0n) is 11.9. The van der Waals surface area contributed by atoms with E-state index in [9.17, 15) is 9.59 Å². The van der Waals surface area contributed by atoms with Gasteiger partial charge >= 0.3 is 5.97 Å². The van der Waals surface area contributed by atoms with Crippen LogP contribution in [0.3, 0.4) is 0 Å². The molecule has 0 aromatic heterocycles. The molecule has 0 spiro atoms. The molecule has 0 unspecified atom stereocenters. The van der Waals surface area contributed by atoms with E-state index in [0.29, 0.717) is 6.54 Å². The Balaban J connectivity index is 3.97. The van der Waals surface area contributed by atoms with Crippen LogP contribution in [0.5, 0.6) is 0 Å². The Kier molecular flexibility index (Phi) is 10.3. The molecule has 114 valence electrons. The van der Waals surface area contributed by atoms with E-state index in [0.717, 1.165) is 26.1 Å². The van der Waals surface area contributed by atoms with Gasteiger partial charge in [-0.25, -0.2) is 0 Å². The smallest absolute Gasteiger partial charge is 0.320 e. The summed E-state index contributed by atoms with van der Waals surface area (Å²) in [6.45, 7) is 10.3. The van der Waals surface area contributed by atoms with Crippen molar-refractivity contribution in [2.45, 2.75) is 25.3 Å². The molecule has 0 radical (unpaired) electrons. The van der Waals surface area contributed by atoms with E-state index in [1.165, 1.54) is 0 Å². The lowest BCUT2D eigenvalue weighted by atomic mass is 10.1. The number of hydrogen-bond acceptors (Lipinski definition) is 4. The average molecular weight is 283 g/mol. The van der Waals surface area contributed by atoms with E-state index in [4.69, 9.17) is 10.8 Å². The van der Waals surface area contributed by atoms with Gasteiger partial charge in [0.2, 0.25) is 5.91 Å². The molecule has 0 fully saturated rings. The Morgan fingerprint density at radius 3 is 2.35 bits per heavy atom.